The quantitative estimate of drug-likeness (QED) is 0.345. The van der Waals surface area contributed by atoms with Crippen molar-refractivity contribution in [3.05, 3.63) is 39.4 Å². The van der Waals surface area contributed by atoms with Gasteiger partial charge in [0.15, 0.2) is 0 Å². The minimum atomic E-state index is -0.733. The molecule has 0 aliphatic rings. The molecule has 1 aromatic rings. The summed E-state index contributed by atoms with van der Waals surface area (Å²) >= 11 is 5.53. The number of hydrogen-bond donors (Lipinski definition) is 0. The third-order valence-corrected chi connectivity index (χ3v) is 2.13. The molecule has 5 nitrogen and oxygen atoms in total. The maximum atomic E-state index is 11.2. The summed E-state index contributed by atoms with van der Waals surface area (Å²) in [5.41, 5.74) is 0.215. The van der Waals surface area contributed by atoms with E-state index in [-0.39, 0.29) is 17.1 Å². The maximum absolute atomic E-state index is 11.2. The average Bonchev–Trinajstić information content (AvgIpc) is 2.27. The van der Waals surface area contributed by atoms with Crippen LogP contribution in [-0.2, 0) is 10.6 Å². The molecule has 0 aromatic heterocycles. The van der Waals surface area contributed by atoms with Gasteiger partial charge >= 0.3 is 5.97 Å². The van der Waals surface area contributed by atoms with E-state index in [0.29, 0.717) is 5.56 Å². The zero-order valence-electron chi connectivity index (χ0n) is 7.90. The summed E-state index contributed by atoms with van der Waals surface area (Å²) in [6.45, 7) is 0. The molecule has 0 amide bonds. The van der Waals surface area contributed by atoms with E-state index < -0.39 is 10.9 Å². The molecule has 0 unspecified atom stereocenters. The zero-order valence-corrected chi connectivity index (χ0v) is 8.65. The predicted octanol–water partition coefficient (Wildman–Crippen LogP) is 2.12. The van der Waals surface area contributed by atoms with Crippen molar-refractivity contribution >= 4 is 23.3 Å². The Balaban J connectivity index is 3.27. The zero-order chi connectivity index (χ0) is 11.4. The van der Waals surface area contributed by atoms with Crippen LogP contribution in [0.15, 0.2) is 18.2 Å². The number of nitro benzene ring substituents is 1. The maximum Gasteiger partial charge on any atom is 0.344 e. The lowest BCUT2D eigenvalue weighted by Gasteiger charge is -2.02. The molecule has 0 aliphatic heterocycles. The van der Waals surface area contributed by atoms with E-state index >= 15 is 0 Å². The number of nitro groups is 1. The minimum absolute atomic E-state index is 0.0728. The second-order valence-corrected chi connectivity index (χ2v) is 3.00. The molecule has 80 valence electrons. The second kappa shape index (κ2) is 4.75. The number of carbonyl (C=O) groups excluding carboxylic acids is 1. The van der Waals surface area contributed by atoms with Gasteiger partial charge in [-0.05, 0) is 11.6 Å². The number of esters is 1. The highest BCUT2D eigenvalue weighted by Crippen LogP contribution is 2.21. The summed E-state index contributed by atoms with van der Waals surface area (Å²) in [5, 5.41) is 10.7. The largest absolute Gasteiger partial charge is 0.465 e. The van der Waals surface area contributed by atoms with Gasteiger partial charge in [0.05, 0.1) is 12.0 Å². The predicted molar refractivity (Wildman–Crippen MR) is 54.0 cm³/mol. The van der Waals surface area contributed by atoms with Gasteiger partial charge in [0.25, 0.3) is 5.69 Å². The van der Waals surface area contributed by atoms with Crippen molar-refractivity contribution < 1.29 is 14.5 Å². The van der Waals surface area contributed by atoms with Gasteiger partial charge in [0, 0.05) is 11.9 Å². The summed E-state index contributed by atoms with van der Waals surface area (Å²) in [6.07, 6.45) is 0. The first-order valence-corrected chi connectivity index (χ1v) is 4.55. The molecule has 0 N–H and O–H groups in total. The van der Waals surface area contributed by atoms with Crippen LogP contribution in [0.1, 0.15) is 15.9 Å². The van der Waals surface area contributed by atoms with Crippen LogP contribution in [0.4, 0.5) is 5.69 Å². The molecule has 0 fully saturated rings. The van der Waals surface area contributed by atoms with E-state index in [0.717, 1.165) is 0 Å². The van der Waals surface area contributed by atoms with Gasteiger partial charge in [-0.2, -0.15) is 0 Å². The molecule has 0 bridgehead atoms. The minimum Gasteiger partial charge on any atom is -0.465 e. The molecule has 0 saturated carbocycles. The summed E-state index contributed by atoms with van der Waals surface area (Å²) in [4.78, 5) is 21.2. The molecule has 15 heavy (non-hydrogen) atoms. The van der Waals surface area contributed by atoms with Crippen LogP contribution in [0, 0.1) is 10.1 Å². The number of rotatable bonds is 3. The van der Waals surface area contributed by atoms with Crippen LogP contribution in [0.5, 0.6) is 0 Å². The third-order valence-electron chi connectivity index (χ3n) is 1.82. The van der Waals surface area contributed by atoms with Crippen molar-refractivity contribution in [2.45, 2.75) is 5.88 Å². The van der Waals surface area contributed by atoms with Gasteiger partial charge in [0.1, 0.15) is 5.56 Å². The summed E-state index contributed by atoms with van der Waals surface area (Å²) in [7, 11) is 1.17. The lowest BCUT2D eigenvalue weighted by molar-refractivity contribution is -0.385. The second-order valence-electron chi connectivity index (χ2n) is 2.73. The fraction of sp³-hybridized carbons (Fsp3) is 0.222. The monoisotopic (exact) mass is 229 g/mol. The molecular formula is C9H8ClNO4. The van der Waals surface area contributed by atoms with Crippen molar-refractivity contribution in [2.75, 3.05) is 7.11 Å². The average molecular weight is 230 g/mol. The van der Waals surface area contributed by atoms with Crippen molar-refractivity contribution in [2.24, 2.45) is 0 Å². The van der Waals surface area contributed by atoms with Gasteiger partial charge < -0.3 is 4.74 Å². The highest BCUT2D eigenvalue weighted by Gasteiger charge is 2.20. The first-order chi connectivity index (χ1) is 7.10. The van der Waals surface area contributed by atoms with E-state index in [2.05, 4.69) is 4.74 Å². The first-order valence-electron chi connectivity index (χ1n) is 4.01. The van der Waals surface area contributed by atoms with Crippen LogP contribution < -0.4 is 0 Å². The van der Waals surface area contributed by atoms with Gasteiger partial charge in [-0.15, -0.1) is 11.6 Å². The molecule has 0 radical (unpaired) electrons. The molecule has 0 aliphatic carbocycles. The summed E-state index contributed by atoms with van der Waals surface area (Å²) < 4.78 is 4.42. The van der Waals surface area contributed by atoms with Crippen LogP contribution in [0.2, 0.25) is 0 Å². The van der Waals surface area contributed by atoms with Crippen LogP contribution in [-0.4, -0.2) is 18.0 Å². The smallest absolute Gasteiger partial charge is 0.344 e. The van der Waals surface area contributed by atoms with Crippen molar-refractivity contribution in [1.82, 2.24) is 0 Å². The van der Waals surface area contributed by atoms with Crippen molar-refractivity contribution in [3.63, 3.8) is 0 Å². The number of carbonyl (C=O) groups is 1. The molecule has 0 heterocycles. The highest BCUT2D eigenvalue weighted by atomic mass is 35.5. The van der Waals surface area contributed by atoms with E-state index in [1.54, 1.807) is 6.07 Å². The number of hydrogen-bond acceptors (Lipinski definition) is 4. The van der Waals surface area contributed by atoms with E-state index in [1.165, 1.54) is 19.2 Å². The Bertz CT molecular complexity index is 405. The number of nitrogens with zero attached hydrogens (tertiary/aromatic N) is 1. The Morgan fingerprint density at radius 3 is 2.73 bits per heavy atom. The third kappa shape index (κ3) is 2.44. The van der Waals surface area contributed by atoms with E-state index in [9.17, 15) is 14.9 Å². The molecular weight excluding hydrogens is 222 g/mol. The Morgan fingerprint density at radius 2 is 2.27 bits per heavy atom. The van der Waals surface area contributed by atoms with Crippen molar-refractivity contribution in [1.29, 1.82) is 0 Å². The fourth-order valence-corrected chi connectivity index (χ4v) is 1.26. The number of ether oxygens (including phenoxy) is 1. The fourth-order valence-electron chi connectivity index (χ4n) is 1.09. The molecule has 1 aromatic carbocycles. The molecule has 0 atom stereocenters. The lowest BCUT2D eigenvalue weighted by atomic mass is 10.1. The normalized spacial score (nSPS) is 9.73. The molecule has 0 saturated heterocycles. The molecule has 1 rings (SSSR count). The van der Waals surface area contributed by atoms with Crippen molar-refractivity contribution in [3.8, 4) is 0 Å². The standard InChI is InChI=1S/C9H8ClNO4/c1-15-9(12)7-3-2-6(5-10)4-8(7)11(13)14/h2-4H,5H2,1H3. The van der Waals surface area contributed by atoms with Gasteiger partial charge in [0.2, 0.25) is 0 Å². The summed E-state index contributed by atoms with van der Waals surface area (Å²) in [5.74, 6) is -0.578. The molecule has 0 spiro atoms. The Labute approximate surface area is 90.8 Å². The highest BCUT2D eigenvalue weighted by molar-refractivity contribution is 6.17. The number of halogens is 1. The Morgan fingerprint density at radius 1 is 1.60 bits per heavy atom. The molecule has 6 heteroatoms. The number of alkyl halides is 1. The van der Waals surface area contributed by atoms with Gasteiger partial charge in [-0.25, -0.2) is 4.79 Å². The first kappa shape index (κ1) is 11.5. The summed E-state index contributed by atoms with van der Waals surface area (Å²) in [6, 6.07) is 4.15. The van der Waals surface area contributed by atoms with E-state index in [4.69, 9.17) is 11.6 Å². The Kier molecular flexibility index (Phi) is 3.62. The topological polar surface area (TPSA) is 69.4 Å². The lowest BCUT2D eigenvalue weighted by Crippen LogP contribution is -2.05. The Hall–Kier alpha value is -1.62. The number of benzene rings is 1. The van der Waals surface area contributed by atoms with Crippen LogP contribution in [0.25, 0.3) is 0 Å². The van der Waals surface area contributed by atoms with Crippen LogP contribution >= 0.6 is 11.6 Å². The van der Waals surface area contributed by atoms with Gasteiger partial charge in [-0.3, -0.25) is 10.1 Å². The van der Waals surface area contributed by atoms with Gasteiger partial charge in [-0.1, -0.05) is 6.07 Å². The van der Waals surface area contributed by atoms with E-state index in [1.807, 2.05) is 0 Å². The SMILES string of the molecule is COC(=O)c1ccc(CCl)cc1[N+](=O)[O-]. The number of methoxy groups -OCH3 is 1. The van der Waals surface area contributed by atoms with Crippen LogP contribution in [0.3, 0.4) is 0 Å².